The molecule has 230 valence electrons. The van der Waals surface area contributed by atoms with E-state index in [4.69, 9.17) is 39.8 Å². The molecule has 0 radical (unpaired) electrons. The summed E-state index contributed by atoms with van der Waals surface area (Å²) in [6.07, 6.45) is 14.4. The first-order valence-electron chi connectivity index (χ1n) is 14.1. The Morgan fingerprint density at radius 3 is 0.763 bits per heavy atom. The van der Waals surface area contributed by atoms with Crippen LogP contribution in [0.1, 0.15) is 77.0 Å². The van der Waals surface area contributed by atoms with Crippen molar-refractivity contribution in [2.75, 3.05) is 64.0 Å². The predicted octanol–water partition coefficient (Wildman–Crippen LogP) is 4.83. The van der Waals surface area contributed by atoms with Crippen LogP contribution < -0.4 is 0 Å². The maximum Gasteiger partial charge on any atom is 0.500 e. The average molecular weight is 617 g/mol. The van der Waals surface area contributed by atoms with Crippen molar-refractivity contribution in [1.29, 1.82) is 0 Å². The second-order valence-corrected chi connectivity index (χ2v) is 21.8. The summed E-state index contributed by atoms with van der Waals surface area (Å²) in [6.45, 7) is 0. The third-order valence-corrected chi connectivity index (χ3v) is 18.1. The molecule has 0 aromatic carbocycles. The number of unbranched alkanes of at least 4 members (excludes halogenated alkanes) is 6. The summed E-state index contributed by atoms with van der Waals surface area (Å²) in [5.41, 5.74) is 0. The lowest BCUT2D eigenvalue weighted by molar-refractivity contribution is 0.122. The van der Waals surface area contributed by atoms with E-state index < -0.39 is 26.4 Å². The van der Waals surface area contributed by atoms with E-state index in [-0.39, 0.29) is 0 Å². The van der Waals surface area contributed by atoms with E-state index in [0.717, 1.165) is 37.4 Å². The maximum atomic E-state index is 5.59. The SMILES string of the molecule is CO[Si](CCCCCC([SiH3])(CCCCC[Si](OC)(OC)OC)CCCCC[Si](OC)(OC)OC)(OC)OC. The summed E-state index contributed by atoms with van der Waals surface area (Å²) in [5.74, 6) is 0. The molecular formula is C25H60O9Si4. The Labute approximate surface area is 240 Å². The molecule has 0 aliphatic heterocycles. The maximum absolute atomic E-state index is 5.59. The Balaban J connectivity index is 4.80. The Morgan fingerprint density at radius 2 is 0.579 bits per heavy atom. The van der Waals surface area contributed by atoms with Crippen LogP contribution in [0, 0.1) is 0 Å². The zero-order valence-electron chi connectivity index (χ0n) is 26.3. The van der Waals surface area contributed by atoms with Crippen LogP contribution in [0.2, 0.25) is 23.2 Å². The van der Waals surface area contributed by atoms with Gasteiger partial charge in [-0.3, -0.25) is 0 Å². The van der Waals surface area contributed by atoms with Gasteiger partial charge >= 0.3 is 26.4 Å². The summed E-state index contributed by atoms with van der Waals surface area (Å²) in [6, 6.07) is 2.62. The van der Waals surface area contributed by atoms with Gasteiger partial charge in [-0.05, 0) is 24.3 Å². The summed E-state index contributed by atoms with van der Waals surface area (Å²) in [4.78, 5) is 0. The van der Waals surface area contributed by atoms with E-state index in [2.05, 4.69) is 0 Å². The van der Waals surface area contributed by atoms with Gasteiger partial charge < -0.3 is 39.8 Å². The lowest BCUT2D eigenvalue weighted by Gasteiger charge is -2.31. The molecule has 9 nitrogen and oxygen atoms in total. The van der Waals surface area contributed by atoms with Crippen molar-refractivity contribution in [1.82, 2.24) is 0 Å². The van der Waals surface area contributed by atoms with Crippen LogP contribution in [0.4, 0.5) is 0 Å². The van der Waals surface area contributed by atoms with Gasteiger partial charge in [-0.2, -0.15) is 0 Å². The lowest BCUT2D eigenvalue weighted by atomic mass is 9.88. The lowest BCUT2D eigenvalue weighted by Crippen LogP contribution is -2.42. The number of hydrogen-bond acceptors (Lipinski definition) is 9. The minimum Gasteiger partial charge on any atom is -0.377 e. The van der Waals surface area contributed by atoms with Crippen LogP contribution in [0.3, 0.4) is 0 Å². The van der Waals surface area contributed by atoms with E-state index in [0.29, 0.717) is 5.04 Å². The summed E-state index contributed by atoms with van der Waals surface area (Å²) >= 11 is 0. The summed E-state index contributed by atoms with van der Waals surface area (Å²) in [7, 11) is 9.03. The van der Waals surface area contributed by atoms with E-state index in [9.17, 15) is 0 Å². The zero-order valence-corrected chi connectivity index (χ0v) is 31.3. The highest BCUT2D eigenvalue weighted by atomic mass is 28.4. The van der Waals surface area contributed by atoms with E-state index in [1.54, 1.807) is 64.0 Å². The summed E-state index contributed by atoms with van der Waals surface area (Å²) in [5, 5.41) is 0.467. The highest BCUT2D eigenvalue weighted by molar-refractivity contribution is 6.61. The molecule has 0 amide bonds. The molecule has 0 N–H and O–H groups in total. The molecule has 0 rings (SSSR count). The van der Waals surface area contributed by atoms with Gasteiger partial charge in [0.25, 0.3) is 0 Å². The van der Waals surface area contributed by atoms with Crippen LogP contribution in [0.5, 0.6) is 0 Å². The van der Waals surface area contributed by atoms with Crippen LogP contribution in [0.15, 0.2) is 0 Å². The van der Waals surface area contributed by atoms with Gasteiger partial charge in [0, 0.05) is 92.4 Å². The highest BCUT2D eigenvalue weighted by Gasteiger charge is 2.38. The third kappa shape index (κ3) is 13.9. The van der Waals surface area contributed by atoms with Crippen molar-refractivity contribution in [2.45, 2.75) is 100 Å². The standard InChI is InChI=1S/C25H60O9Si4/c1-26-36(27-2,28-3)22-16-10-13-19-25(35,20-14-11-17-23-37(29-4,30-5)31-6)21-15-12-18-24-38(32-7,33-8)34-9/h10-24H2,1-9,35H3. The van der Waals surface area contributed by atoms with Crippen molar-refractivity contribution in [3.63, 3.8) is 0 Å². The molecule has 0 aromatic heterocycles. The largest absolute Gasteiger partial charge is 0.500 e. The first-order chi connectivity index (χ1) is 18.2. The van der Waals surface area contributed by atoms with Gasteiger partial charge in [-0.25, -0.2) is 0 Å². The fourth-order valence-electron chi connectivity index (χ4n) is 5.25. The van der Waals surface area contributed by atoms with Gasteiger partial charge in [-0.15, -0.1) is 0 Å². The molecule has 0 atom stereocenters. The van der Waals surface area contributed by atoms with E-state index >= 15 is 0 Å². The quantitative estimate of drug-likeness (QED) is 0.0952. The van der Waals surface area contributed by atoms with Gasteiger partial charge in [0.2, 0.25) is 0 Å². The third-order valence-electron chi connectivity index (χ3n) is 8.09. The smallest absolute Gasteiger partial charge is 0.377 e. The molecule has 0 fully saturated rings. The molecule has 0 unspecified atom stereocenters. The molecule has 0 bridgehead atoms. The Morgan fingerprint density at radius 1 is 0.368 bits per heavy atom. The topological polar surface area (TPSA) is 83.1 Å². The summed E-state index contributed by atoms with van der Waals surface area (Å²) < 4.78 is 50.3. The average Bonchev–Trinajstić information content (AvgIpc) is 2.96. The Kier molecular flexibility index (Phi) is 21.5. The molecule has 0 aliphatic carbocycles. The van der Waals surface area contributed by atoms with Crippen molar-refractivity contribution in [3.8, 4) is 0 Å². The van der Waals surface area contributed by atoms with Crippen molar-refractivity contribution in [3.05, 3.63) is 0 Å². The zero-order chi connectivity index (χ0) is 29.0. The molecule has 38 heavy (non-hydrogen) atoms. The molecule has 0 saturated carbocycles. The van der Waals surface area contributed by atoms with Crippen LogP contribution in [-0.2, 0) is 39.8 Å². The second-order valence-electron chi connectivity index (χ2n) is 10.4. The minimum absolute atomic E-state index is 0.467. The monoisotopic (exact) mass is 616 g/mol. The molecular weight excluding hydrogens is 557 g/mol. The van der Waals surface area contributed by atoms with Gasteiger partial charge in [0.15, 0.2) is 0 Å². The second kappa shape index (κ2) is 21.2. The Hall–Kier alpha value is 0.508. The first kappa shape index (κ1) is 38.5. The fraction of sp³-hybridized carbons (Fsp3) is 1.00. The van der Waals surface area contributed by atoms with E-state index in [1.165, 1.54) is 68.0 Å². The van der Waals surface area contributed by atoms with Gasteiger partial charge in [0.1, 0.15) is 0 Å². The van der Waals surface area contributed by atoms with Crippen LogP contribution in [-0.4, -0.2) is 101 Å². The van der Waals surface area contributed by atoms with Crippen LogP contribution >= 0.6 is 0 Å². The van der Waals surface area contributed by atoms with Crippen molar-refractivity contribution in [2.24, 2.45) is 0 Å². The number of rotatable bonds is 27. The fourth-order valence-corrected chi connectivity index (χ4v) is 11.7. The number of hydrogen-bond donors (Lipinski definition) is 0. The molecule has 0 aliphatic rings. The van der Waals surface area contributed by atoms with Crippen molar-refractivity contribution < 1.29 is 39.8 Å². The van der Waals surface area contributed by atoms with E-state index in [1.807, 2.05) is 0 Å². The van der Waals surface area contributed by atoms with Crippen LogP contribution in [0.25, 0.3) is 0 Å². The normalized spacial score (nSPS) is 13.5. The molecule has 0 spiro atoms. The molecule has 13 heteroatoms. The highest BCUT2D eigenvalue weighted by Crippen LogP contribution is 2.41. The molecule has 0 heterocycles. The predicted molar refractivity (Wildman–Crippen MR) is 163 cm³/mol. The Bertz CT molecular complexity index is 464. The van der Waals surface area contributed by atoms with Gasteiger partial charge in [0.05, 0.1) is 0 Å². The first-order valence-corrected chi connectivity index (χ1v) is 20.9. The van der Waals surface area contributed by atoms with Crippen molar-refractivity contribution >= 4 is 36.7 Å². The molecule has 0 saturated heterocycles. The molecule has 0 aromatic rings. The van der Waals surface area contributed by atoms with Gasteiger partial charge in [-0.1, -0.05) is 57.8 Å². The minimum atomic E-state index is -2.47.